The second-order valence-corrected chi connectivity index (χ2v) is 3.93. The number of aromatic nitrogens is 2. The maximum atomic E-state index is 11.6. The van der Waals surface area contributed by atoms with Gasteiger partial charge in [-0.15, -0.1) is 0 Å². The van der Waals surface area contributed by atoms with E-state index in [1.807, 2.05) is 0 Å². The summed E-state index contributed by atoms with van der Waals surface area (Å²) in [4.78, 5) is 23.0. The van der Waals surface area contributed by atoms with Crippen LogP contribution in [0.15, 0.2) is 11.0 Å². The summed E-state index contributed by atoms with van der Waals surface area (Å²) in [6.45, 7) is 2.64. The Kier molecular flexibility index (Phi) is 3.63. The molecule has 2 heterocycles. The van der Waals surface area contributed by atoms with Crippen molar-refractivity contribution in [3.05, 3.63) is 22.1 Å². The van der Waals surface area contributed by atoms with E-state index in [4.69, 9.17) is 9.47 Å². The molecule has 1 aromatic rings. The summed E-state index contributed by atoms with van der Waals surface area (Å²) in [5, 5.41) is 2.59. The first-order valence-corrected chi connectivity index (χ1v) is 5.82. The highest BCUT2D eigenvalue weighted by Gasteiger charge is 2.20. The van der Waals surface area contributed by atoms with Gasteiger partial charge >= 0.3 is 5.97 Å². The van der Waals surface area contributed by atoms with Crippen LogP contribution in [0.1, 0.15) is 42.8 Å². The Labute approximate surface area is 98.5 Å². The van der Waals surface area contributed by atoms with Gasteiger partial charge in [-0.1, -0.05) is 0 Å². The first-order valence-electron chi connectivity index (χ1n) is 5.82. The minimum Gasteiger partial charge on any atom is -0.462 e. The molecule has 2 rings (SSSR count). The zero-order valence-electron chi connectivity index (χ0n) is 9.77. The summed E-state index contributed by atoms with van der Waals surface area (Å²) in [5.74, 6) is -0.594. The minimum atomic E-state index is -0.594. The van der Waals surface area contributed by atoms with Crippen molar-refractivity contribution >= 4 is 5.97 Å². The predicted molar refractivity (Wildman–Crippen MR) is 59.8 cm³/mol. The largest absolute Gasteiger partial charge is 0.462 e. The lowest BCUT2D eigenvalue weighted by molar-refractivity contribution is -0.0397. The standard InChI is InChI=1S/C11H16N2O4/c1-2-16-11(15)8-7-13(12-10(8)14)9-5-3-4-6-17-9/h7,9H,2-6H2,1H3,(H,12,14). The van der Waals surface area contributed by atoms with Crippen molar-refractivity contribution in [2.75, 3.05) is 13.2 Å². The molecule has 94 valence electrons. The topological polar surface area (TPSA) is 73.3 Å². The van der Waals surface area contributed by atoms with Crippen molar-refractivity contribution in [1.29, 1.82) is 0 Å². The minimum absolute atomic E-state index is 0.0287. The van der Waals surface area contributed by atoms with E-state index >= 15 is 0 Å². The summed E-state index contributed by atoms with van der Waals surface area (Å²) >= 11 is 0. The van der Waals surface area contributed by atoms with E-state index in [0.29, 0.717) is 6.61 Å². The molecule has 17 heavy (non-hydrogen) atoms. The van der Waals surface area contributed by atoms with Gasteiger partial charge in [0.15, 0.2) is 0 Å². The van der Waals surface area contributed by atoms with Crippen LogP contribution < -0.4 is 5.56 Å². The number of nitrogens with one attached hydrogen (secondary N) is 1. The third-order valence-corrected chi connectivity index (χ3v) is 2.70. The Morgan fingerprint density at radius 1 is 1.65 bits per heavy atom. The molecule has 0 radical (unpaired) electrons. The normalized spacial score (nSPS) is 20.2. The molecule has 1 aromatic heterocycles. The Balaban J connectivity index is 2.17. The van der Waals surface area contributed by atoms with Crippen LogP contribution in [0.3, 0.4) is 0 Å². The molecule has 1 aliphatic rings. The van der Waals surface area contributed by atoms with Gasteiger partial charge in [-0.05, 0) is 26.2 Å². The summed E-state index contributed by atoms with van der Waals surface area (Å²) in [5.41, 5.74) is -0.404. The Hall–Kier alpha value is -1.56. The van der Waals surface area contributed by atoms with Crippen molar-refractivity contribution < 1.29 is 14.3 Å². The van der Waals surface area contributed by atoms with Gasteiger partial charge in [0.05, 0.1) is 6.61 Å². The maximum Gasteiger partial charge on any atom is 0.345 e. The van der Waals surface area contributed by atoms with Crippen molar-refractivity contribution in [2.45, 2.75) is 32.4 Å². The molecule has 0 aromatic carbocycles. The molecule has 1 atom stereocenters. The van der Waals surface area contributed by atoms with Crippen LogP contribution in [-0.2, 0) is 9.47 Å². The molecule has 0 bridgehead atoms. The number of rotatable bonds is 3. The maximum absolute atomic E-state index is 11.6. The number of ether oxygens (including phenoxy) is 2. The van der Waals surface area contributed by atoms with E-state index < -0.39 is 11.5 Å². The number of carbonyl (C=O) groups excluding carboxylic acids is 1. The Morgan fingerprint density at radius 3 is 3.12 bits per heavy atom. The van der Waals surface area contributed by atoms with Crippen molar-refractivity contribution in [2.24, 2.45) is 0 Å². The van der Waals surface area contributed by atoms with E-state index in [1.54, 1.807) is 11.6 Å². The molecular weight excluding hydrogens is 224 g/mol. The number of H-pyrrole nitrogens is 1. The fraction of sp³-hybridized carbons (Fsp3) is 0.636. The fourth-order valence-corrected chi connectivity index (χ4v) is 1.86. The quantitative estimate of drug-likeness (QED) is 0.801. The second kappa shape index (κ2) is 5.18. The van der Waals surface area contributed by atoms with Gasteiger partial charge in [-0.25, -0.2) is 4.79 Å². The van der Waals surface area contributed by atoms with Crippen LogP contribution in [0.2, 0.25) is 0 Å². The van der Waals surface area contributed by atoms with Crippen molar-refractivity contribution in [1.82, 2.24) is 9.78 Å². The molecule has 0 saturated carbocycles. The third-order valence-electron chi connectivity index (χ3n) is 2.70. The van der Waals surface area contributed by atoms with Crippen LogP contribution in [0, 0.1) is 0 Å². The van der Waals surface area contributed by atoms with E-state index in [-0.39, 0.29) is 18.4 Å². The van der Waals surface area contributed by atoms with Gasteiger partial charge in [0.25, 0.3) is 5.56 Å². The lowest BCUT2D eigenvalue weighted by atomic mass is 10.2. The first-order chi connectivity index (χ1) is 8.22. The Morgan fingerprint density at radius 2 is 2.47 bits per heavy atom. The van der Waals surface area contributed by atoms with Crippen molar-refractivity contribution in [3.63, 3.8) is 0 Å². The number of nitrogens with zero attached hydrogens (tertiary/aromatic N) is 1. The average Bonchev–Trinajstić information content (AvgIpc) is 2.73. The zero-order chi connectivity index (χ0) is 12.3. The molecule has 0 amide bonds. The molecule has 1 unspecified atom stereocenters. The number of hydrogen-bond acceptors (Lipinski definition) is 4. The molecule has 1 N–H and O–H groups in total. The van der Waals surface area contributed by atoms with E-state index in [2.05, 4.69) is 5.10 Å². The monoisotopic (exact) mass is 240 g/mol. The van der Waals surface area contributed by atoms with Gasteiger partial charge in [0.2, 0.25) is 0 Å². The van der Waals surface area contributed by atoms with E-state index in [0.717, 1.165) is 19.3 Å². The first kappa shape index (κ1) is 11.9. The highest BCUT2D eigenvalue weighted by atomic mass is 16.5. The van der Waals surface area contributed by atoms with Crippen LogP contribution in [0.25, 0.3) is 0 Å². The second-order valence-electron chi connectivity index (χ2n) is 3.93. The molecule has 0 spiro atoms. The van der Waals surface area contributed by atoms with Crippen LogP contribution in [-0.4, -0.2) is 29.0 Å². The lowest BCUT2D eigenvalue weighted by Gasteiger charge is -2.23. The molecule has 0 aliphatic carbocycles. The molecule has 6 nitrogen and oxygen atoms in total. The highest BCUT2D eigenvalue weighted by Crippen LogP contribution is 2.21. The zero-order valence-corrected chi connectivity index (χ0v) is 9.77. The van der Waals surface area contributed by atoms with Crippen LogP contribution in [0.5, 0.6) is 0 Å². The van der Waals surface area contributed by atoms with Gasteiger partial charge in [-0.2, -0.15) is 0 Å². The summed E-state index contributed by atoms with van der Waals surface area (Å²) < 4.78 is 11.9. The van der Waals surface area contributed by atoms with Crippen molar-refractivity contribution in [3.8, 4) is 0 Å². The molecule has 6 heteroatoms. The van der Waals surface area contributed by atoms with Gasteiger partial charge in [-0.3, -0.25) is 14.6 Å². The number of aromatic amines is 1. The summed E-state index contributed by atoms with van der Waals surface area (Å²) in [6, 6.07) is 0. The van der Waals surface area contributed by atoms with Gasteiger partial charge < -0.3 is 9.47 Å². The lowest BCUT2D eigenvalue weighted by Crippen LogP contribution is -2.20. The SMILES string of the molecule is CCOC(=O)c1cn(C2CCCCO2)[nH]c1=O. The third kappa shape index (κ3) is 2.58. The Bertz CT molecular complexity index is 443. The molecule has 1 aliphatic heterocycles. The number of hydrogen-bond donors (Lipinski definition) is 1. The molecular formula is C11H16N2O4. The fourth-order valence-electron chi connectivity index (χ4n) is 1.86. The van der Waals surface area contributed by atoms with Crippen LogP contribution >= 0.6 is 0 Å². The number of carbonyl (C=O) groups is 1. The smallest absolute Gasteiger partial charge is 0.345 e. The molecule has 1 fully saturated rings. The van der Waals surface area contributed by atoms with Crippen LogP contribution in [0.4, 0.5) is 0 Å². The summed E-state index contributed by atoms with van der Waals surface area (Å²) in [7, 11) is 0. The predicted octanol–water partition coefficient (Wildman–Crippen LogP) is 1.05. The number of esters is 1. The van der Waals surface area contributed by atoms with E-state index in [9.17, 15) is 9.59 Å². The molecule has 1 saturated heterocycles. The van der Waals surface area contributed by atoms with E-state index in [1.165, 1.54) is 6.20 Å². The summed E-state index contributed by atoms with van der Waals surface area (Å²) in [6.07, 6.45) is 4.22. The average molecular weight is 240 g/mol. The highest BCUT2D eigenvalue weighted by molar-refractivity contribution is 5.88. The van der Waals surface area contributed by atoms with Gasteiger partial charge in [0.1, 0.15) is 11.8 Å². The van der Waals surface area contributed by atoms with Gasteiger partial charge in [0, 0.05) is 12.8 Å².